The van der Waals surface area contributed by atoms with Crippen molar-refractivity contribution in [3.05, 3.63) is 72.3 Å². The van der Waals surface area contributed by atoms with E-state index in [-0.39, 0.29) is 0 Å². The first-order valence-electron chi connectivity index (χ1n) is 9.95. The summed E-state index contributed by atoms with van der Waals surface area (Å²) in [5.41, 5.74) is 5.77. The smallest absolute Gasteiger partial charge is 0.279 e. The molecule has 0 aliphatic rings. The van der Waals surface area contributed by atoms with Crippen molar-refractivity contribution in [2.75, 3.05) is 0 Å². The number of hydrogen-bond acceptors (Lipinski definition) is 4. The maximum Gasteiger partial charge on any atom is 0.279 e. The molecule has 156 valence electrons. The lowest BCUT2D eigenvalue weighted by Gasteiger charge is -2.20. The summed E-state index contributed by atoms with van der Waals surface area (Å²) in [5, 5.41) is 2.11. The Morgan fingerprint density at radius 1 is 0.867 bits per heavy atom. The zero-order valence-electron chi connectivity index (χ0n) is 17.3. The van der Waals surface area contributed by atoms with E-state index in [2.05, 4.69) is 10.9 Å². The molecule has 0 unspecified atom stereocenters. The molecule has 0 spiro atoms. The Bertz CT molecular complexity index is 1030. The number of fused-ring (bicyclic) bond motifs is 1. The number of amides is 2. The fourth-order valence-corrected chi connectivity index (χ4v) is 2.97. The summed E-state index contributed by atoms with van der Waals surface area (Å²) in [7, 11) is 0. The molecule has 3 rings (SSSR count). The lowest BCUT2D eigenvalue weighted by molar-refractivity contribution is -0.135. The second-order valence-electron chi connectivity index (χ2n) is 7.03. The minimum absolute atomic E-state index is 0.424. The monoisotopic (exact) mass is 406 g/mol. The summed E-state index contributed by atoms with van der Waals surface area (Å²) in [4.78, 5) is 24.8. The molecule has 0 heterocycles. The van der Waals surface area contributed by atoms with E-state index in [9.17, 15) is 9.59 Å². The quantitative estimate of drug-likeness (QED) is 0.583. The first kappa shape index (κ1) is 21.2. The van der Waals surface area contributed by atoms with E-state index in [1.54, 1.807) is 6.92 Å². The lowest BCUT2D eigenvalue weighted by atomic mass is 10.1. The molecule has 2 atom stereocenters. The number of hydrogen-bond donors (Lipinski definition) is 2. The number of hydrazine groups is 1. The van der Waals surface area contributed by atoms with Crippen molar-refractivity contribution in [3.63, 3.8) is 0 Å². The number of carbonyl (C=O) groups is 2. The number of aryl methyl sites for hydroxylation is 1. The van der Waals surface area contributed by atoms with Gasteiger partial charge in [0.25, 0.3) is 11.8 Å². The van der Waals surface area contributed by atoms with Crippen LogP contribution in [0.3, 0.4) is 0 Å². The summed E-state index contributed by atoms with van der Waals surface area (Å²) in [6, 6.07) is 21.0. The van der Waals surface area contributed by atoms with Crippen LogP contribution in [0, 0.1) is 6.92 Å². The van der Waals surface area contributed by atoms with Crippen molar-refractivity contribution in [2.24, 2.45) is 0 Å². The largest absolute Gasteiger partial charge is 0.481 e. The van der Waals surface area contributed by atoms with E-state index in [1.165, 1.54) is 0 Å². The highest BCUT2D eigenvalue weighted by molar-refractivity contribution is 5.87. The Morgan fingerprint density at radius 2 is 1.53 bits per heavy atom. The first-order valence-corrected chi connectivity index (χ1v) is 9.95. The van der Waals surface area contributed by atoms with Gasteiger partial charge in [0.15, 0.2) is 12.2 Å². The van der Waals surface area contributed by atoms with E-state index in [1.807, 2.05) is 80.6 Å². The zero-order valence-corrected chi connectivity index (χ0v) is 17.3. The van der Waals surface area contributed by atoms with Crippen LogP contribution in [0.25, 0.3) is 10.8 Å². The summed E-state index contributed by atoms with van der Waals surface area (Å²) < 4.78 is 11.5. The van der Waals surface area contributed by atoms with Gasteiger partial charge in [-0.2, -0.15) is 0 Å². The van der Waals surface area contributed by atoms with Crippen LogP contribution in [-0.4, -0.2) is 24.0 Å². The van der Waals surface area contributed by atoms with Gasteiger partial charge in [-0.3, -0.25) is 20.4 Å². The van der Waals surface area contributed by atoms with Gasteiger partial charge < -0.3 is 9.47 Å². The second-order valence-corrected chi connectivity index (χ2v) is 7.03. The molecule has 0 saturated carbocycles. The molecule has 0 bridgehead atoms. The third-order valence-electron chi connectivity index (χ3n) is 4.74. The molecular weight excluding hydrogens is 380 g/mol. The maximum absolute atomic E-state index is 12.4. The number of nitrogens with one attached hydrogen (secondary N) is 2. The highest BCUT2D eigenvalue weighted by Crippen LogP contribution is 2.21. The Morgan fingerprint density at radius 3 is 2.27 bits per heavy atom. The summed E-state index contributed by atoms with van der Waals surface area (Å²) in [5.74, 6) is 0.338. The van der Waals surface area contributed by atoms with Gasteiger partial charge in [0.2, 0.25) is 0 Å². The van der Waals surface area contributed by atoms with Crippen LogP contribution in [0.2, 0.25) is 0 Å². The van der Waals surface area contributed by atoms with Crippen molar-refractivity contribution in [1.29, 1.82) is 0 Å². The molecule has 3 aromatic carbocycles. The number of para-hydroxylation sites is 1. The van der Waals surface area contributed by atoms with Gasteiger partial charge in [-0.15, -0.1) is 0 Å². The fraction of sp³-hybridized carbons (Fsp3) is 0.250. The molecule has 0 saturated heterocycles. The summed E-state index contributed by atoms with van der Waals surface area (Å²) >= 11 is 0. The Balaban J connectivity index is 1.53. The van der Waals surface area contributed by atoms with Gasteiger partial charge in [-0.1, -0.05) is 55.5 Å². The van der Waals surface area contributed by atoms with Gasteiger partial charge in [-0.05, 0) is 54.8 Å². The number of rotatable bonds is 7. The molecule has 2 N–H and O–H groups in total. The van der Waals surface area contributed by atoms with Crippen molar-refractivity contribution in [1.82, 2.24) is 10.9 Å². The average Bonchev–Trinajstić information content (AvgIpc) is 2.76. The topological polar surface area (TPSA) is 76.7 Å². The third kappa shape index (κ3) is 5.29. The molecule has 6 heteroatoms. The van der Waals surface area contributed by atoms with Crippen LogP contribution >= 0.6 is 0 Å². The fourth-order valence-electron chi connectivity index (χ4n) is 2.97. The van der Waals surface area contributed by atoms with Gasteiger partial charge in [0.1, 0.15) is 11.5 Å². The van der Waals surface area contributed by atoms with Crippen molar-refractivity contribution >= 4 is 22.6 Å². The molecule has 0 aliphatic carbocycles. The molecule has 3 aromatic rings. The van der Waals surface area contributed by atoms with Crippen LogP contribution in [0.15, 0.2) is 66.7 Å². The van der Waals surface area contributed by atoms with Crippen LogP contribution < -0.4 is 20.3 Å². The van der Waals surface area contributed by atoms with E-state index in [0.29, 0.717) is 17.9 Å². The molecule has 0 radical (unpaired) electrons. The number of carbonyl (C=O) groups excluding carboxylic acids is 2. The normalized spacial score (nSPS) is 12.6. The lowest BCUT2D eigenvalue weighted by Crippen LogP contribution is -2.51. The molecule has 0 aromatic heterocycles. The minimum Gasteiger partial charge on any atom is -0.481 e. The predicted octanol–water partition coefficient (Wildman–Crippen LogP) is 3.92. The highest BCUT2D eigenvalue weighted by Gasteiger charge is 2.21. The molecule has 0 fully saturated rings. The number of benzene rings is 3. The van der Waals surface area contributed by atoms with E-state index in [0.717, 1.165) is 16.3 Å². The Hall–Kier alpha value is -3.54. The van der Waals surface area contributed by atoms with E-state index >= 15 is 0 Å². The summed E-state index contributed by atoms with van der Waals surface area (Å²) in [6.07, 6.45) is -1.05. The third-order valence-corrected chi connectivity index (χ3v) is 4.74. The maximum atomic E-state index is 12.4. The van der Waals surface area contributed by atoms with Crippen LogP contribution in [-0.2, 0) is 9.59 Å². The van der Waals surface area contributed by atoms with Gasteiger partial charge in [0, 0.05) is 0 Å². The van der Waals surface area contributed by atoms with Gasteiger partial charge in [-0.25, -0.2) is 0 Å². The SMILES string of the molecule is CC[C@H](Oc1ccccc1C)C(=O)NNC(=O)[C@@H](C)Oc1ccc2ccccc2c1. The average molecular weight is 406 g/mol. The molecule has 30 heavy (non-hydrogen) atoms. The minimum atomic E-state index is -0.788. The Labute approximate surface area is 176 Å². The number of ether oxygens (including phenoxy) is 2. The first-order chi connectivity index (χ1) is 14.5. The molecule has 6 nitrogen and oxygen atoms in total. The molecular formula is C24H26N2O4. The predicted molar refractivity (Wildman–Crippen MR) is 116 cm³/mol. The van der Waals surface area contributed by atoms with Crippen LogP contribution in [0.1, 0.15) is 25.8 Å². The second kappa shape index (κ2) is 9.78. The van der Waals surface area contributed by atoms with E-state index in [4.69, 9.17) is 9.47 Å². The Kier molecular flexibility index (Phi) is 6.91. The van der Waals surface area contributed by atoms with E-state index < -0.39 is 24.0 Å². The molecule has 2 amide bonds. The van der Waals surface area contributed by atoms with Gasteiger partial charge >= 0.3 is 0 Å². The highest BCUT2D eigenvalue weighted by atomic mass is 16.5. The van der Waals surface area contributed by atoms with Crippen molar-refractivity contribution in [3.8, 4) is 11.5 Å². The van der Waals surface area contributed by atoms with Gasteiger partial charge in [0.05, 0.1) is 0 Å². The van der Waals surface area contributed by atoms with Crippen LogP contribution in [0.4, 0.5) is 0 Å². The standard InChI is InChI=1S/C24H26N2O4/c1-4-21(30-22-12-8-5-9-16(22)2)24(28)26-25-23(27)17(3)29-20-14-13-18-10-6-7-11-19(18)15-20/h5-15,17,21H,4H2,1-3H3,(H,25,27)(H,26,28)/t17-,21+/m1/s1. The zero-order chi connectivity index (χ0) is 21.5. The van der Waals surface area contributed by atoms with Crippen molar-refractivity contribution < 1.29 is 19.1 Å². The van der Waals surface area contributed by atoms with Crippen molar-refractivity contribution in [2.45, 2.75) is 39.4 Å². The molecule has 0 aliphatic heterocycles. The summed E-state index contributed by atoms with van der Waals surface area (Å²) in [6.45, 7) is 5.38. The van der Waals surface area contributed by atoms with Crippen LogP contribution in [0.5, 0.6) is 11.5 Å².